The molecule has 0 aromatic heterocycles. The molecule has 6 heteroatoms. The second-order valence-corrected chi connectivity index (χ2v) is 9.67. The number of hydrogen-bond acceptors (Lipinski definition) is 5. The van der Waals surface area contributed by atoms with Gasteiger partial charge in [-0.1, -0.05) is 58.7 Å². The number of aryl methyl sites for hydroxylation is 1. The first kappa shape index (κ1) is 23.7. The van der Waals surface area contributed by atoms with Gasteiger partial charge in [0, 0.05) is 31.1 Å². The summed E-state index contributed by atoms with van der Waals surface area (Å²) in [6.07, 6.45) is 0.0764. The van der Waals surface area contributed by atoms with Gasteiger partial charge in [0.25, 0.3) is 0 Å². The fraction of sp³-hybridized carbons (Fsp3) is 0.480. The fourth-order valence-corrected chi connectivity index (χ4v) is 3.74. The standard InChI is InChI=1S/C25H33ClN2O3/c1-18-8-10-20(11-9-18)24-13-23(31-27-24)16-28(14-19-6-5-7-21(26)12-19)15-22(29)17-30-25(2,3)4/h5-12,22-23,29H,13-17H2,1-4H3/t22-,23-/m0/s1. The third-order valence-corrected chi connectivity index (χ3v) is 5.29. The number of benzene rings is 2. The molecule has 1 heterocycles. The fourth-order valence-electron chi connectivity index (χ4n) is 3.52. The monoisotopic (exact) mass is 444 g/mol. The quantitative estimate of drug-likeness (QED) is 0.602. The lowest BCUT2D eigenvalue weighted by atomic mass is 10.0. The first-order chi connectivity index (χ1) is 14.7. The SMILES string of the molecule is Cc1ccc(C2=NO[C@H](CN(Cc3cccc(Cl)c3)C[C@H](O)COC(C)(C)C)C2)cc1. The molecule has 0 fully saturated rings. The summed E-state index contributed by atoms with van der Waals surface area (Å²) in [6, 6.07) is 16.1. The predicted octanol–water partition coefficient (Wildman–Crippen LogP) is 4.82. The largest absolute Gasteiger partial charge is 0.390 e. The summed E-state index contributed by atoms with van der Waals surface area (Å²) in [5, 5.41) is 15.6. The van der Waals surface area contributed by atoms with Crippen LogP contribution < -0.4 is 0 Å². The van der Waals surface area contributed by atoms with Gasteiger partial charge in [0.15, 0.2) is 0 Å². The summed E-state index contributed by atoms with van der Waals surface area (Å²) in [5.41, 5.74) is 4.08. The van der Waals surface area contributed by atoms with Gasteiger partial charge in [-0.05, 0) is 51.0 Å². The molecule has 0 unspecified atom stereocenters. The normalized spacial score (nSPS) is 17.5. The molecule has 0 bridgehead atoms. The number of ether oxygens (including phenoxy) is 1. The average molecular weight is 445 g/mol. The Balaban J connectivity index is 1.62. The van der Waals surface area contributed by atoms with Crippen LogP contribution in [-0.4, -0.2) is 53.2 Å². The summed E-state index contributed by atoms with van der Waals surface area (Å²) in [5.74, 6) is 0. The highest BCUT2D eigenvalue weighted by Crippen LogP contribution is 2.20. The number of hydrogen-bond donors (Lipinski definition) is 1. The van der Waals surface area contributed by atoms with Gasteiger partial charge in [-0.25, -0.2) is 0 Å². The molecule has 1 aliphatic heterocycles. The van der Waals surface area contributed by atoms with Crippen LogP contribution in [0.5, 0.6) is 0 Å². The molecule has 1 N–H and O–H groups in total. The topological polar surface area (TPSA) is 54.3 Å². The molecule has 0 amide bonds. The van der Waals surface area contributed by atoms with Gasteiger partial charge in [-0.3, -0.25) is 4.90 Å². The molecule has 5 nitrogen and oxygen atoms in total. The maximum atomic E-state index is 10.6. The van der Waals surface area contributed by atoms with Crippen LogP contribution >= 0.6 is 11.6 Å². The van der Waals surface area contributed by atoms with Crippen molar-refractivity contribution >= 4 is 17.3 Å². The van der Waals surface area contributed by atoms with Crippen molar-refractivity contribution in [2.45, 2.75) is 58.5 Å². The lowest BCUT2D eigenvalue weighted by molar-refractivity contribution is -0.0600. The molecule has 0 aliphatic carbocycles. The summed E-state index contributed by atoms with van der Waals surface area (Å²) in [7, 11) is 0. The van der Waals surface area contributed by atoms with E-state index >= 15 is 0 Å². The van der Waals surface area contributed by atoms with Crippen LogP contribution in [0, 0.1) is 6.92 Å². The molecule has 1 aliphatic rings. The molecule has 2 atom stereocenters. The van der Waals surface area contributed by atoms with Crippen molar-refractivity contribution in [3.05, 3.63) is 70.2 Å². The number of aliphatic hydroxyl groups is 1. The Kier molecular flexibility index (Phi) is 8.11. The number of oxime groups is 1. The second kappa shape index (κ2) is 10.6. The third-order valence-electron chi connectivity index (χ3n) is 5.05. The summed E-state index contributed by atoms with van der Waals surface area (Å²) < 4.78 is 5.76. The van der Waals surface area contributed by atoms with Crippen LogP contribution in [0.3, 0.4) is 0 Å². The van der Waals surface area contributed by atoms with Crippen molar-refractivity contribution in [2.24, 2.45) is 5.16 Å². The smallest absolute Gasteiger partial charge is 0.145 e. The van der Waals surface area contributed by atoms with E-state index in [0.717, 1.165) is 23.3 Å². The van der Waals surface area contributed by atoms with E-state index in [9.17, 15) is 5.11 Å². The van der Waals surface area contributed by atoms with Gasteiger partial charge in [-0.2, -0.15) is 0 Å². The number of aliphatic hydroxyl groups excluding tert-OH is 1. The highest BCUT2D eigenvalue weighted by Gasteiger charge is 2.26. The lowest BCUT2D eigenvalue weighted by Gasteiger charge is -2.28. The Morgan fingerprint density at radius 2 is 1.97 bits per heavy atom. The van der Waals surface area contributed by atoms with E-state index in [0.29, 0.717) is 24.7 Å². The number of rotatable bonds is 9. The molecule has 3 rings (SSSR count). The molecular formula is C25H33ClN2O3. The summed E-state index contributed by atoms with van der Waals surface area (Å²) >= 11 is 6.17. The third kappa shape index (κ3) is 7.93. The highest BCUT2D eigenvalue weighted by atomic mass is 35.5. The molecule has 31 heavy (non-hydrogen) atoms. The Labute approximate surface area is 190 Å². The van der Waals surface area contributed by atoms with Crippen molar-refractivity contribution in [3.8, 4) is 0 Å². The molecule has 0 radical (unpaired) electrons. The van der Waals surface area contributed by atoms with Crippen LogP contribution in [-0.2, 0) is 16.1 Å². The van der Waals surface area contributed by atoms with Gasteiger partial charge in [0.1, 0.15) is 6.10 Å². The van der Waals surface area contributed by atoms with Gasteiger partial charge in [-0.15, -0.1) is 0 Å². The van der Waals surface area contributed by atoms with Crippen LogP contribution in [0.15, 0.2) is 53.7 Å². The van der Waals surface area contributed by atoms with E-state index in [1.54, 1.807) is 0 Å². The Morgan fingerprint density at radius 1 is 1.23 bits per heavy atom. The summed E-state index contributed by atoms with van der Waals surface area (Å²) in [4.78, 5) is 7.93. The molecule has 0 saturated heterocycles. The van der Waals surface area contributed by atoms with Gasteiger partial charge in [0.2, 0.25) is 0 Å². The number of halogens is 1. The minimum absolute atomic E-state index is 0.0637. The minimum atomic E-state index is -0.600. The Morgan fingerprint density at radius 3 is 2.65 bits per heavy atom. The van der Waals surface area contributed by atoms with Crippen LogP contribution in [0.25, 0.3) is 0 Å². The van der Waals surface area contributed by atoms with Crippen molar-refractivity contribution in [1.29, 1.82) is 0 Å². The zero-order valence-electron chi connectivity index (χ0n) is 18.8. The van der Waals surface area contributed by atoms with E-state index in [2.05, 4.69) is 41.2 Å². The maximum Gasteiger partial charge on any atom is 0.145 e. The van der Waals surface area contributed by atoms with E-state index < -0.39 is 6.10 Å². The molecule has 0 saturated carbocycles. The highest BCUT2D eigenvalue weighted by molar-refractivity contribution is 6.30. The van der Waals surface area contributed by atoms with Crippen molar-refractivity contribution in [3.63, 3.8) is 0 Å². The zero-order valence-corrected chi connectivity index (χ0v) is 19.6. The molecule has 168 valence electrons. The van der Waals surface area contributed by atoms with Crippen LogP contribution in [0.1, 0.15) is 43.9 Å². The van der Waals surface area contributed by atoms with Crippen molar-refractivity contribution in [2.75, 3.05) is 19.7 Å². The van der Waals surface area contributed by atoms with E-state index in [4.69, 9.17) is 21.2 Å². The van der Waals surface area contributed by atoms with E-state index in [-0.39, 0.29) is 18.3 Å². The van der Waals surface area contributed by atoms with Gasteiger partial charge < -0.3 is 14.7 Å². The molecule has 2 aromatic carbocycles. The van der Waals surface area contributed by atoms with Crippen LogP contribution in [0.2, 0.25) is 5.02 Å². The Hall–Kier alpha value is -1.92. The van der Waals surface area contributed by atoms with E-state index in [1.165, 1.54) is 5.56 Å². The predicted molar refractivity (Wildman–Crippen MR) is 126 cm³/mol. The van der Waals surface area contributed by atoms with Crippen molar-refractivity contribution < 1.29 is 14.7 Å². The van der Waals surface area contributed by atoms with Gasteiger partial charge >= 0.3 is 0 Å². The second-order valence-electron chi connectivity index (χ2n) is 9.24. The zero-order chi connectivity index (χ0) is 22.4. The molecular weight excluding hydrogens is 412 g/mol. The van der Waals surface area contributed by atoms with Gasteiger partial charge in [0.05, 0.1) is 24.0 Å². The van der Waals surface area contributed by atoms with Crippen LogP contribution in [0.4, 0.5) is 0 Å². The molecule has 0 spiro atoms. The first-order valence-electron chi connectivity index (χ1n) is 10.8. The van der Waals surface area contributed by atoms with Crippen molar-refractivity contribution in [1.82, 2.24) is 4.90 Å². The Bertz CT molecular complexity index is 877. The molecule has 2 aromatic rings. The van der Waals surface area contributed by atoms with E-state index in [1.807, 2.05) is 45.0 Å². The average Bonchev–Trinajstić information content (AvgIpc) is 3.15. The number of nitrogens with zero attached hydrogens (tertiary/aromatic N) is 2. The minimum Gasteiger partial charge on any atom is -0.390 e. The first-order valence-corrected chi connectivity index (χ1v) is 11.1. The maximum absolute atomic E-state index is 10.6. The lowest BCUT2D eigenvalue weighted by Crippen LogP contribution is -2.40. The summed E-state index contributed by atoms with van der Waals surface area (Å²) in [6.45, 7) is 10.1.